The Kier molecular flexibility index (Phi) is 4.33. The molecule has 0 spiro atoms. The number of nitrogen functional groups attached to an aromatic ring is 2. The maximum atomic E-state index is 12.2. The Morgan fingerprint density at radius 3 is 2.58 bits per heavy atom. The molecular formula is C17H16N6O. The van der Waals surface area contributed by atoms with E-state index < -0.39 is 0 Å². The van der Waals surface area contributed by atoms with Crippen LogP contribution in [0.3, 0.4) is 0 Å². The van der Waals surface area contributed by atoms with Gasteiger partial charge in [-0.05, 0) is 18.2 Å². The smallest absolute Gasteiger partial charge is 0.251 e. The lowest BCUT2D eigenvalue weighted by Gasteiger charge is -2.08. The zero-order chi connectivity index (χ0) is 16.9. The maximum Gasteiger partial charge on any atom is 0.251 e. The molecule has 2 heterocycles. The number of nitrogens with one attached hydrogen (secondary N) is 1. The number of hydrogen-bond donors (Lipinski definition) is 3. The topological polar surface area (TPSA) is 120 Å². The van der Waals surface area contributed by atoms with Crippen LogP contribution in [-0.2, 0) is 6.54 Å². The van der Waals surface area contributed by atoms with E-state index in [1.54, 1.807) is 42.7 Å². The average molecular weight is 320 g/mol. The molecule has 0 aliphatic carbocycles. The van der Waals surface area contributed by atoms with Crippen LogP contribution in [0.1, 0.15) is 15.9 Å². The summed E-state index contributed by atoms with van der Waals surface area (Å²) in [6, 6.07) is 10.7. The van der Waals surface area contributed by atoms with Crippen LogP contribution in [0.5, 0.6) is 0 Å². The Bertz CT molecular complexity index is 863. The van der Waals surface area contributed by atoms with Crippen molar-refractivity contribution in [3.8, 4) is 11.3 Å². The third-order valence-electron chi connectivity index (χ3n) is 3.46. The highest BCUT2D eigenvalue weighted by Gasteiger charge is 2.08. The lowest BCUT2D eigenvalue weighted by molar-refractivity contribution is 0.0951. The van der Waals surface area contributed by atoms with E-state index in [0.29, 0.717) is 29.4 Å². The molecule has 0 saturated carbocycles. The van der Waals surface area contributed by atoms with Gasteiger partial charge < -0.3 is 16.8 Å². The molecule has 5 N–H and O–H groups in total. The number of anilines is 2. The molecule has 3 rings (SSSR count). The monoisotopic (exact) mass is 320 g/mol. The van der Waals surface area contributed by atoms with Gasteiger partial charge in [-0.3, -0.25) is 9.78 Å². The van der Waals surface area contributed by atoms with E-state index >= 15 is 0 Å². The molecule has 0 atom stereocenters. The first-order valence-corrected chi connectivity index (χ1v) is 7.29. The molecule has 0 radical (unpaired) electrons. The van der Waals surface area contributed by atoms with Gasteiger partial charge in [-0.15, -0.1) is 0 Å². The molecule has 24 heavy (non-hydrogen) atoms. The van der Waals surface area contributed by atoms with E-state index in [1.807, 2.05) is 6.07 Å². The van der Waals surface area contributed by atoms with Crippen molar-refractivity contribution in [2.24, 2.45) is 0 Å². The summed E-state index contributed by atoms with van der Waals surface area (Å²) >= 11 is 0. The van der Waals surface area contributed by atoms with Gasteiger partial charge in [0.25, 0.3) is 5.91 Å². The standard InChI is InChI=1S/C17H16N6O/c18-15-10-20-9-14(23-15)11-3-5-12(6-4-11)17(24)22-8-13-2-1-7-21-16(13)19/h1-7,9-10H,8H2,(H2,18,23)(H2,19,21)(H,22,24). The third-order valence-corrected chi connectivity index (χ3v) is 3.46. The minimum atomic E-state index is -0.191. The van der Waals surface area contributed by atoms with Gasteiger partial charge in [0.05, 0.1) is 18.1 Å². The van der Waals surface area contributed by atoms with Crippen molar-refractivity contribution in [2.45, 2.75) is 6.54 Å². The Morgan fingerprint density at radius 2 is 1.88 bits per heavy atom. The molecule has 1 aromatic carbocycles. The average Bonchev–Trinajstić information content (AvgIpc) is 2.61. The molecule has 7 heteroatoms. The van der Waals surface area contributed by atoms with Crippen LogP contribution >= 0.6 is 0 Å². The summed E-state index contributed by atoms with van der Waals surface area (Å²) in [5.74, 6) is 0.570. The van der Waals surface area contributed by atoms with Gasteiger partial charge in [-0.1, -0.05) is 18.2 Å². The van der Waals surface area contributed by atoms with Gasteiger partial charge in [0.15, 0.2) is 0 Å². The second kappa shape index (κ2) is 6.74. The van der Waals surface area contributed by atoms with Crippen molar-refractivity contribution in [1.82, 2.24) is 20.3 Å². The molecule has 3 aromatic rings. The van der Waals surface area contributed by atoms with Crippen LogP contribution in [0.15, 0.2) is 55.0 Å². The first kappa shape index (κ1) is 15.4. The fraction of sp³-hybridized carbons (Fsp3) is 0.0588. The quantitative estimate of drug-likeness (QED) is 0.672. The summed E-state index contributed by atoms with van der Waals surface area (Å²) in [5.41, 5.74) is 14.2. The highest BCUT2D eigenvalue weighted by atomic mass is 16.1. The molecule has 0 aliphatic rings. The SMILES string of the molecule is Nc1cncc(-c2ccc(C(=O)NCc3cccnc3N)cc2)n1. The van der Waals surface area contributed by atoms with Crippen LogP contribution in [0.4, 0.5) is 11.6 Å². The molecule has 0 saturated heterocycles. The van der Waals surface area contributed by atoms with Crippen LogP contribution in [0, 0.1) is 0 Å². The number of carbonyl (C=O) groups is 1. The van der Waals surface area contributed by atoms with Gasteiger partial charge in [0.1, 0.15) is 11.6 Å². The zero-order valence-electron chi connectivity index (χ0n) is 12.8. The van der Waals surface area contributed by atoms with Crippen LogP contribution < -0.4 is 16.8 Å². The van der Waals surface area contributed by atoms with E-state index in [4.69, 9.17) is 11.5 Å². The number of aromatic nitrogens is 3. The maximum absolute atomic E-state index is 12.2. The number of carbonyl (C=O) groups excluding carboxylic acids is 1. The minimum Gasteiger partial charge on any atom is -0.383 e. The summed E-state index contributed by atoms with van der Waals surface area (Å²) in [4.78, 5) is 24.4. The highest BCUT2D eigenvalue weighted by Crippen LogP contribution is 2.17. The van der Waals surface area contributed by atoms with Crippen molar-refractivity contribution in [1.29, 1.82) is 0 Å². The fourth-order valence-corrected chi connectivity index (χ4v) is 2.19. The summed E-state index contributed by atoms with van der Waals surface area (Å²) in [7, 11) is 0. The van der Waals surface area contributed by atoms with E-state index in [-0.39, 0.29) is 5.91 Å². The molecule has 0 unspecified atom stereocenters. The van der Waals surface area contributed by atoms with Gasteiger partial charge in [0, 0.05) is 29.4 Å². The summed E-state index contributed by atoms with van der Waals surface area (Å²) in [6.45, 7) is 0.320. The second-order valence-corrected chi connectivity index (χ2v) is 5.14. The van der Waals surface area contributed by atoms with E-state index in [2.05, 4.69) is 20.3 Å². The number of benzene rings is 1. The van der Waals surface area contributed by atoms with Crippen molar-refractivity contribution >= 4 is 17.5 Å². The van der Waals surface area contributed by atoms with Gasteiger partial charge in [-0.2, -0.15) is 0 Å². The Labute approximate surface area is 138 Å². The number of rotatable bonds is 4. The van der Waals surface area contributed by atoms with Crippen molar-refractivity contribution in [3.05, 3.63) is 66.1 Å². The number of nitrogens with two attached hydrogens (primary N) is 2. The molecule has 7 nitrogen and oxygen atoms in total. The third kappa shape index (κ3) is 3.46. The Balaban J connectivity index is 1.69. The van der Waals surface area contributed by atoms with Crippen LogP contribution in [-0.4, -0.2) is 20.9 Å². The molecule has 120 valence electrons. The molecule has 0 bridgehead atoms. The Morgan fingerprint density at radius 1 is 1.08 bits per heavy atom. The number of pyridine rings is 1. The largest absolute Gasteiger partial charge is 0.383 e. The molecule has 0 fully saturated rings. The fourth-order valence-electron chi connectivity index (χ4n) is 2.19. The number of nitrogens with zero attached hydrogens (tertiary/aromatic N) is 3. The first-order valence-electron chi connectivity index (χ1n) is 7.29. The first-order chi connectivity index (χ1) is 11.6. The van der Waals surface area contributed by atoms with E-state index in [1.165, 1.54) is 6.20 Å². The molecule has 0 aliphatic heterocycles. The predicted octanol–water partition coefficient (Wildman–Crippen LogP) is 1.63. The Hall–Kier alpha value is -3.48. The molecular weight excluding hydrogens is 304 g/mol. The second-order valence-electron chi connectivity index (χ2n) is 5.14. The lowest BCUT2D eigenvalue weighted by atomic mass is 10.1. The van der Waals surface area contributed by atoms with Gasteiger partial charge in [-0.25, -0.2) is 9.97 Å². The van der Waals surface area contributed by atoms with E-state index in [0.717, 1.165) is 11.1 Å². The summed E-state index contributed by atoms with van der Waals surface area (Å²) in [6.07, 6.45) is 4.71. The summed E-state index contributed by atoms with van der Waals surface area (Å²) in [5, 5.41) is 2.82. The van der Waals surface area contributed by atoms with Gasteiger partial charge >= 0.3 is 0 Å². The zero-order valence-corrected chi connectivity index (χ0v) is 12.8. The van der Waals surface area contributed by atoms with Crippen LogP contribution in [0.2, 0.25) is 0 Å². The van der Waals surface area contributed by atoms with Gasteiger partial charge in [0.2, 0.25) is 0 Å². The molecule has 2 aromatic heterocycles. The van der Waals surface area contributed by atoms with Crippen molar-refractivity contribution in [3.63, 3.8) is 0 Å². The summed E-state index contributed by atoms with van der Waals surface area (Å²) < 4.78 is 0. The van der Waals surface area contributed by atoms with Crippen molar-refractivity contribution < 1.29 is 4.79 Å². The number of amides is 1. The molecule has 1 amide bonds. The minimum absolute atomic E-state index is 0.191. The normalized spacial score (nSPS) is 10.3. The van der Waals surface area contributed by atoms with E-state index in [9.17, 15) is 4.79 Å². The lowest BCUT2D eigenvalue weighted by Crippen LogP contribution is -2.23. The van der Waals surface area contributed by atoms with Crippen LogP contribution in [0.25, 0.3) is 11.3 Å². The van der Waals surface area contributed by atoms with Crippen molar-refractivity contribution in [2.75, 3.05) is 11.5 Å². The highest BCUT2D eigenvalue weighted by molar-refractivity contribution is 5.94. The number of hydrogen-bond acceptors (Lipinski definition) is 6. The predicted molar refractivity (Wildman–Crippen MR) is 91.7 cm³/mol.